The third-order valence-corrected chi connectivity index (χ3v) is 3.62. The van der Waals surface area contributed by atoms with Gasteiger partial charge in [-0.1, -0.05) is 23.7 Å². The number of hydrogen-bond donors (Lipinski definition) is 1. The summed E-state index contributed by atoms with van der Waals surface area (Å²) >= 11 is 6.03. The second kappa shape index (κ2) is 6.78. The van der Waals surface area contributed by atoms with Gasteiger partial charge in [-0.2, -0.15) is 0 Å². The first-order valence-corrected chi connectivity index (χ1v) is 6.82. The summed E-state index contributed by atoms with van der Waals surface area (Å²) in [5.74, 6) is 0.418. The van der Waals surface area contributed by atoms with Crippen LogP contribution < -0.4 is 14.8 Å². The average Bonchev–Trinajstić information content (AvgIpc) is 2.49. The van der Waals surface area contributed by atoms with Gasteiger partial charge in [-0.05, 0) is 42.4 Å². The molecule has 3 nitrogen and oxygen atoms in total. The highest BCUT2D eigenvalue weighted by Gasteiger charge is 2.16. The number of hydrogen-bond acceptors (Lipinski definition) is 3. The van der Waals surface area contributed by atoms with E-state index in [0.29, 0.717) is 10.8 Å². The third-order valence-electron chi connectivity index (χ3n) is 3.31. The summed E-state index contributed by atoms with van der Waals surface area (Å²) in [6.45, 7) is 0. The SMILES string of the molecule is CNC(c1ccc(OC)c(F)c1)c1ccc(Cl)c(OC)c1. The summed E-state index contributed by atoms with van der Waals surface area (Å²) in [7, 11) is 4.82. The Bertz CT molecular complexity index is 634. The van der Waals surface area contributed by atoms with E-state index in [1.165, 1.54) is 13.2 Å². The predicted octanol–water partition coefficient (Wildman–Crippen LogP) is 3.81. The smallest absolute Gasteiger partial charge is 0.165 e. The Morgan fingerprint density at radius 3 is 2.19 bits per heavy atom. The second-order valence-electron chi connectivity index (χ2n) is 4.51. The van der Waals surface area contributed by atoms with E-state index in [9.17, 15) is 4.39 Å². The Kier molecular flexibility index (Phi) is 5.04. The van der Waals surface area contributed by atoms with Crippen LogP contribution in [-0.2, 0) is 0 Å². The number of benzene rings is 2. The van der Waals surface area contributed by atoms with E-state index in [-0.39, 0.29) is 11.8 Å². The van der Waals surface area contributed by atoms with E-state index >= 15 is 0 Å². The van der Waals surface area contributed by atoms with Gasteiger partial charge in [-0.3, -0.25) is 0 Å². The molecule has 2 rings (SSSR count). The Morgan fingerprint density at radius 1 is 1.00 bits per heavy atom. The molecule has 1 N–H and O–H groups in total. The van der Waals surface area contributed by atoms with Gasteiger partial charge in [0.05, 0.1) is 25.3 Å². The maximum Gasteiger partial charge on any atom is 0.165 e. The Hall–Kier alpha value is -1.78. The normalized spacial score (nSPS) is 12.0. The first kappa shape index (κ1) is 15.6. The molecular formula is C16H17ClFNO2. The maximum atomic E-state index is 13.9. The minimum atomic E-state index is -0.392. The van der Waals surface area contributed by atoms with Crippen LogP contribution in [-0.4, -0.2) is 21.3 Å². The van der Waals surface area contributed by atoms with Gasteiger partial charge < -0.3 is 14.8 Å². The zero-order valence-corrected chi connectivity index (χ0v) is 12.9. The molecule has 112 valence electrons. The molecule has 2 aromatic carbocycles. The average molecular weight is 310 g/mol. The number of rotatable bonds is 5. The summed E-state index contributed by atoms with van der Waals surface area (Å²) < 4.78 is 24.0. The lowest BCUT2D eigenvalue weighted by molar-refractivity contribution is 0.386. The molecule has 0 saturated heterocycles. The largest absolute Gasteiger partial charge is 0.495 e. The Morgan fingerprint density at radius 2 is 1.62 bits per heavy atom. The molecule has 0 aliphatic carbocycles. The second-order valence-corrected chi connectivity index (χ2v) is 4.92. The monoisotopic (exact) mass is 309 g/mol. The molecule has 1 atom stereocenters. The lowest BCUT2D eigenvalue weighted by Crippen LogP contribution is -2.18. The maximum absolute atomic E-state index is 13.9. The Balaban J connectivity index is 2.41. The van der Waals surface area contributed by atoms with E-state index in [1.807, 2.05) is 25.2 Å². The fourth-order valence-electron chi connectivity index (χ4n) is 2.24. The molecule has 0 spiro atoms. The summed E-state index contributed by atoms with van der Waals surface area (Å²) in [4.78, 5) is 0. The van der Waals surface area contributed by atoms with Crippen molar-refractivity contribution in [2.45, 2.75) is 6.04 Å². The van der Waals surface area contributed by atoms with E-state index in [2.05, 4.69) is 5.32 Å². The van der Waals surface area contributed by atoms with Gasteiger partial charge in [0.25, 0.3) is 0 Å². The Labute approximate surface area is 128 Å². The first-order valence-electron chi connectivity index (χ1n) is 6.44. The van der Waals surface area contributed by atoms with Gasteiger partial charge in [0.2, 0.25) is 0 Å². The van der Waals surface area contributed by atoms with Crippen LogP contribution in [0.25, 0.3) is 0 Å². The first-order chi connectivity index (χ1) is 10.1. The van der Waals surface area contributed by atoms with E-state index in [0.717, 1.165) is 11.1 Å². The van der Waals surface area contributed by atoms with Gasteiger partial charge >= 0.3 is 0 Å². The molecule has 0 aliphatic heterocycles. The molecule has 0 saturated carbocycles. The summed E-state index contributed by atoms with van der Waals surface area (Å²) in [6.07, 6.45) is 0. The molecule has 2 aromatic rings. The van der Waals surface area contributed by atoms with Crippen molar-refractivity contribution in [3.05, 3.63) is 58.4 Å². The van der Waals surface area contributed by atoms with Crippen molar-refractivity contribution >= 4 is 11.6 Å². The highest BCUT2D eigenvalue weighted by atomic mass is 35.5. The number of halogens is 2. The number of ether oxygens (including phenoxy) is 2. The summed E-state index contributed by atoms with van der Waals surface area (Å²) in [5.41, 5.74) is 1.73. The van der Waals surface area contributed by atoms with Crippen LogP contribution in [0.2, 0.25) is 5.02 Å². The van der Waals surface area contributed by atoms with Crippen LogP contribution in [0, 0.1) is 5.82 Å². The molecule has 0 heterocycles. The fraction of sp³-hybridized carbons (Fsp3) is 0.250. The molecule has 21 heavy (non-hydrogen) atoms. The van der Waals surface area contributed by atoms with Crippen molar-refractivity contribution in [3.63, 3.8) is 0 Å². The topological polar surface area (TPSA) is 30.5 Å². The van der Waals surface area contributed by atoms with Crippen LogP contribution in [0.3, 0.4) is 0 Å². The lowest BCUT2D eigenvalue weighted by Gasteiger charge is -2.19. The number of nitrogens with one attached hydrogen (secondary N) is 1. The minimum absolute atomic E-state index is 0.170. The van der Waals surface area contributed by atoms with E-state index < -0.39 is 5.82 Å². The molecule has 5 heteroatoms. The molecule has 0 radical (unpaired) electrons. The van der Waals surface area contributed by atoms with E-state index in [1.54, 1.807) is 19.2 Å². The molecule has 0 aromatic heterocycles. The molecule has 0 bridgehead atoms. The summed E-state index contributed by atoms with van der Waals surface area (Å²) in [5, 5.41) is 3.70. The van der Waals surface area contributed by atoms with Crippen molar-refractivity contribution in [2.75, 3.05) is 21.3 Å². The van der Waals surface area contributed by atoms with Gasteiger partial charge in [0, 0.05) is 0 Å². The van der Waals surface area contributed by atoms with Crippen molar-refractivity contribution < 1.29 is 13.9 Å². The molecular weight excluding hydrogens is 293 g/mol. The van der Waals surface area contributed by atoms with Crippen LogP contribution in [0.15, 0.2) is 36.4 Å². The van der Waals surface area contributed by atoms with Gasteiger partial charge in [0.1, 0.15) is 5.75 Å². The zero-order valence-electron chi connectivity index (χ0n) is 12.1. The van der Waals surface area contributed by atoms with Crippen molar-refractivity contribution in [2.24, 2.45) is 0 Å². The van der Waals surface area contributed by atoms with E-state index in [4.69, 9.17) is 21.1 Å². The molecule has 0 fully saturated rings. The highest BCUT2D eigenvalue weighted by Crippen LogP contribution is 2.31. The van der Waals surface area contributed by atoms with Crippen LogP contribution in [0.5, 0.6) is 11.5 Å². The fourth-order valence-corrected chi connectivity index (χ4v) is 2.44. The number of methoxy groups -OCH3 is 2. The molecule has 0 aliphatic rings. The summed E-state index contributed by atoms with van der Waals surface area (Å²) in [6, 6.07) is 10.2. The van der Waals surface area contributed by atoms with Crippen LogP contribution in [0.1, 0.15) is 17.2 Å². The molecule has 0 amide bonds. The zero-order chi connectivity index (χ0) is 15.4. The standard InChI is InChI=1S/C16H17ClFNO2/c1-19-16(10-5-7-14(20-2)13(18)8-10)11-4-6-12(17)15(9-11)21-3/h4-9,16,19H,1-3H3. The van der Waals surface area contributed by atoms with Crippen molar-refractivity contribution in [3.8, 4) is 11.5 Å². The quantitative estimate of drug-likeness (QED) is 0.911. The van der Waals surface area contributed by atoms with Crippen molar-refractivity contribution in [1.29, 1.82) is 0 Å². The van der Waals surface area contributed by atoms with Gasteiger partial charge in [0.15, 0.2) is 11.6 Å². The highest BCUT2D eigenvalue weighted by molar-refractivity contribution is 6.32. The van der Waals surface area contributed by atoms with Gasteiger partial charge in [-0.25, -0.2) is 4.39 Å². The predicted molar refractivity (Wildman–Crippen MR) is 81.9 cm³/mol. The van der Waals surface area contributed by atoms with Crippen molar-refractivity contribution in [1.82, 2.24) is 5.32 Å². The third kappa shape index (κ3) is 3.28. The van der Waals surface area contributed by atoms with Crippen LogP contribution >= 0.6 is 11.6 Å². The van der Waals surface area contributed by atoms with Gasteiger partial charge in [-0.15, -0.1) is 0 Å². The van der Waals surface area contributed by atoms with Crippen LogP contribution in [0.4, 0.5) is 4.39 Å². The lowest BCUT2D eigenvalue weighted by atomic mass is 9.98. The molecule has 1 unspecified atom stereocenters. The minimum Gasteiger partial charge on any atom is -0.495 e.